The SMILES string of the molecule is C=C[C@@H]1C[C@]1(NC(=O)[C@@H]1C[C@@H](O)CN1C(=O)[C@@H](CC(=O)OC1CCCC1)C(C)(C)C)C(=O)NS(=O)(=O)C1CC1. The van der Waals surface area contributed by atoms with Gasteiger partial charge in [-0.25, -0.2) is 8.42 Å². The molecule has 12 heteroatoms. The number of hydrogen-bond acceptors (Lipinski definition) is 8. The van der Waals surface area contributed by atoms with Crippen LogP contribution >= 0.6 is 0 Å². The second-order valence-corrected chi connectivity index (χ2v) is 14.6. The van der Waals surface area contributed by atoms with E-state index in [1.807, 2.05) is 20.8 Å². The Morgan fingerprint density at radius 1 is 1.15 bits per heavy atom. The van der Waals surface area contributed by atoms with Crippen LogP contribution < -0.4 is 10.0 Å². The van der Waals surface area contributed by atoms with Gasteiger partial charge in [0.25, 0.3) is 5.91 Å². The molecule has 0 aromatic carbocycles. The second kappa shape index (κ2) is 10.8. The summed E-state index contributed by atoms with van der Waals surface area (Å²) in [6.07, 6.45) is 4.94. The normalized spacial score (nSPS) is 29.9. The van der Waals surface area contributed by atoms with Crippen LogP contribution in [0.25, 0.3) is 0 Å². The Labute approximate surface area is 230 Å². The van der Waals surface area contributed by atoms with Crippen molar-refractivity contribution in [3.8, 4) is 0 Å². The maximum absolute atomic E-state index is 13.8. The largest absolute Gasteiger partial charge is 0.462 e. The van der Waals surface area contributed by atoms with E-state index < -0.39 is 73.9 Å². The molecule has 4 aliphatic rings. The predicted molar refractivity (Wildman–Crippen MR) is 141 cm³/mol. The molecule has 0 radical (unpaired) electrons. The van der Waals surface area contributed by atoms with Gasteiger partial charge in [-0.05, 0) is 50.4 Å². The molecule has 4 fully saturated rings. The van der Waals surface area contributed by atoms with Crippen molar-refractivity contribution in [3.05, 3.63) is 12.7 Å². The van der Waals surface area contributed by atoms with Gasteiger partial charge >= 0.3 is 5.97 Å². The van der Waals surface area contributed by atoms with Crippen molar-refractivity contribution in [1.82, 2.24) is 14.9 Å². The summed E-state index contributed by atoms with van der Waals surface area (Å²) in [5.74, 6) is -3.67. The van der Waals surface area contributed by atoms with E-state index in [1.165, 1.54) is 11.0 Å². The van der Waals surface area contributed by atoms with E-state index in [-0.39, 0.29) is 31.9 Å². The maximum atomic E-state index is 13.8. The Bertz CT molecular complexity index is 1120. The van der Waals surface area contributed by atoms with Crippen LogP contribution in [0.15, 0.2) is 12.7 Å². The molecule has 1 saturated heterocycles. The number of esters is 1. The van der Waals surface area contributed by atoms with Crippen molar-refractivity contribution >= 4 is 33.7 Å². The molecule has 0 unspecified atom stereocenters. The van der Waals surface area contributed by atoms with Gasteiger partial charge in [0.2, 0.25) is 21.8 Å². The third kappa shape index (κ3) is 6.48. The fraction of sp³-hybridized carbons (Fsp3) is 0.778. The molecule has 218 valence electrons. The van der Waals surface area contributed by atoms with Crippen molar-refractivity contribution in [2.24, 2.45) is 17.3 Å². The minimum absolute atomic E-state index is 0.0439. The van der Waals surface area contributed by atoms with E-state index >= 15 is 0 Å². The number of sulfonamides is 1. The minimum Gasteiger partial charge on any atom is -0.462 e. The van der Waals surface area contributed by atoms with E-state index in [0.717, 1.165) is 25.7 Å². The smallest absolute Gasteiger partial charge is 0.306 e. The first-order valence-electron chi connectivity index (χ1n) is 13.9. The van der Waals surface area contributed by atoms with Crippen LogP contribution in [0, 0.1) is 17.3 Å². The van der Waals surface area contributed by atoms with Crippen molar-refractivity contribution in [1.29, 1.82) is 0 Å². The lowest BCUT2D eigenvalue weighted by Crippen LogP contribution is -2.57. The number of nitrogens with zero attached hydrogens (tertiary/aromatic N) is 1. The quantitative estimate of drug-likeness (QED) is 0.262. The highest BCUT2D eigenvalue weighted by atomic mass is 32.2. The molecule has 3 amide bonds. The first-order valence-corrected chi connectivity index (χ1v) is 15.4. The summed E-state index contributed by atoms with van der Waals surface area (Å²) in [7, 11) is -3.83. The molecule has 1 heterocycles. The molecule has 11 nitrogen and oxygen atoms in total. The van der Waals surface area contributed by atoms with Gasteiger partial charge in [-0.1, -0.05) is 26.8 Å². The summed E-state index contributed by atoms with van der Waals surface area (Å²) < 4.78 is 32.4. The number of likely N-dealkylation sites (tertiary alicyclic amines) is 1. The molecule has 5 atom stereocenters. The zero-order chi connectivity index (χ0) is 28.8. The topological polar surface area (TPSA) is 159 Å². The molecule has 0 aromatic rings. The number of aliphatic hydroxyl groups is 1. The molecular weight excluding hydrogens is 526 g/mol. The number of ether oxygens (including phenoxy) is 1. The van der Waals surface area contributed by atoms with Gasteiger partial charge in [0.1, 0.15) is 17.7 Å². The maximum Gasteiger partial charge on any atom is 0.306 e. The third-order valence-electron chi connectivity index (χ3n) is 8.43. The summed E-state index contributed by atoms with van der Waals surface area (Å²) in [4.78, 5) is 54.3. The average Bonchev–Trinajstić information content (AvgIpc) is 3.72. The van der Waals surface area contributed by atoms with Gasteiger partial charge in [0.15, 0.2) is 0 Å². The monoisotopic (exact) mass is 567 g/mol. The van der Waals surface area contributed by atoms with Crippen LogP contribution in [0.4, 0.5) is 0 Å². The van der Waals surface area contributed by atoms with Crippen LogP contribution in [-0.4, -0.2) is 77.7 Å². The highest BCUT2D eigenvalue weighted by Gasteiger charge is 2.62. The number of rotatable bonds is 10. The van der Waals surface area contributed by atoms with E-state index in [2.05, 4.69) is 16.6 Å². The number of aliphatic hydroxyl groups excluding tert-OH is 1. The molecule has 0 spiro atoms. The molecule has 4 rings (SSSR count). The molecule has 3 aliphatic carbocycles. The van der Waals surface area contributed by atoms with Gasteiger partial charge in [-0.3, -0.25) is 23.9 Å². The molecule has 0 bridgehead atoms. The van der Waals surface area contributed by atoms with Crippen molar-refractivity contribution in [2.45, 2.75) is 108 Å². The Morgan fingerprint density at radius 2 is 1.79 bits per heavy atom. The highest BCUT2D eigenvalue weighted by molar-refractivity contribution is 7.91. The summed E-state index contributed by atoms with van der Waals surface area (Å²) in [6.45, 7) is 9.09. The average molecular weight is 568 g/mol. The first-order chi connectivity index (χ1) is 18.2. The predicted octanol–water partition coefficient (Wildman–Crippen LogP) is 1.16. The fourth-order valence-electron chi connectivity index (χ4n) is 5.70. The molecule has 39 heavy (non-hydrogen) atoms. The minimum atomic E-state index is -3.83. The summed E-state index contributed by atoms with van der Waals surface area (Å²) in [6, 6.07) is -1.08. The molecular formula is C27H41N3O8S. The van der Waals surface area contributed by atoms with E-state index in [4.69, 9.17) is 4.74 Å². The zero-order valence-corrected chi connectivity index (χ0v) is 23.8. The zero-order valence-electron chi connectivity index (χ0n) is 23.0. The lowest BCUT2D eigenvalue weighted by atomic mass is 9.77. The van der Waals surface area contributed by atoms with E-state index in [1.54, 1.807) is 0 Å². The van der Waals surface area contributed by atoms with Crippen LogP contribution in [-0.2, 0) is 33.9 Å². The lowest BCUT2D eigenvalue weighted by molar-refractivity contribution is -0.156. The Balaban J connectivity index is 1.48. The van der Waals surface area contributed by atoms with Gasteiger partial charge in [0, 0.05) is 18.9 Å². The number of nitrogens with one attached hydrogen (secondary N) is 2. The number of β-amino-alcohol motifs (C(OH)–C–C–N with tert-alkyl or cyclic N) is 1. The summed E-state index contributed by atoms with van der Waals surface area (Å²) in [5, 5.41) is 12.5. The van der Waals surface area contributed by atoms with Gasteiger partial charge < -0.3 is 20.1 Å². The third-order valence-corrected chi connectivity index (χ3v) is 10.2. The van der Waals surface area contributed by atoms with Crippen molar-refractivity contribution in [2.75, 3.05) is 6.54 Å². The fourth-order valence-corrected chi connectivity index (χ4v) is 7.06. The van der Waals surface area contributed by atoms with Crippen LogP contribution in [0.5, 0.6) is 0 Å². The van der Waals surface area contributed by atoms with Crippen molar-refractivity contribution < 1.29 is 37.4 Å². The second-order valence-electron chi connectivity index (χ2n) is 12.6. The standard InChI is InChI=1S/C27H41N3O8S/c1-5-16-14-27(16,25(35)29-39(36,37)19-10-11-19)28-23(33)21-12-17(31)15-30(21)24(34)20(26(2,3)4)13-22(32)38-18-8-6-7-9-18/h5,16-21,31H,1,6-15H2,2-4H3,(H,28,33)(H,29,35)/t16-,17-,20-,21+,27-/m1/s1. The molecule has 3 N–H and O–H groups in total. The Hall–Kier alpha value is -2.47. The highest BCUT2D eigenvalue weighted by Crippen LogP contribution is 2.45. The molecule has 1 aliphatic heterocycles. The number of carbonyl (C=O) groups is 4. The van der Waals surface area contributed by atoms with Gasteiger partial charge in [-0.15, -0.1) is 6.58 Å². The Morgan fingerprint density at radius 3 is 2.33 bits per heavy atom. The molecule has 3 saturated carbocycles. The number of hydrogen-bond donors (Lipinski definition) is 3. The van der Waals surface area contributed by atoms with E-state index in [9.17, 15) is 32.7 Å². The summed E-state index contributed by atoms with van der Waals surface area (Å²) >= 11 is 0. The van der Waals surface area contributed by atoms with Gasteiger partial charge in [0.05, 0.1) is 23.7 Å². The van der Waals surface area contributed by atoms with Crippen molar-refractivity contribution in [3.63, 3.8) is 0 Å². The first kappa shape index (κ1) is 29.5. The van der Waals surface area contributed by atoms with E-state index in [0.29, 0.717) is 12.8 Å². The van der Waals surface area contributed by atoms with Crippen LogP contribution in [0.3, 0.4) is 0 Å². The Kier molecular flexibility index (Phi) is 8.20. The van der Waals surface area contributed by atoms with Crippen LogP contribution in [0.1, 0.15) is 78.6 Å². The summed E-state index contributed by atoms with van der Waals surface area (Å²) in [5.41, 5.74) is -2.12. The number of carbonyl (C=O) groups excluding carboxylic acids is 4. The lowest BCUT2D eigenvalue weighted by Gasteiger charge is -2.35. The molecule has 0 aromatic heterocycles. The van der Waals surface area contributed by atoms with Crippen LogP contribution in [0.2, 0.25) is 0 Å². The number of amides is 3. The van der Waals surface area contributed by atoms with Gasteiger partial charge in [-0.2, -0.15) is 0 Å².